The van der Waals surface area contributed by atoms with Crippen LogP contribution in [0.3, 0.4) is 0 Å². The standard InChI is InChI=1S/C12H27N3/c1-10(2)13-6-7-15-8-11(3)12(9-15)14(4)5/h10-13H,6-9H2,1-5H3. The average Bonchev–Trinajstić information content (AvgIpc) is 2.46. The second-order valence-electron chi connectivity index (χ2n) is 5.38. The fraction of sp³-hybridized carbons (Fsp3) is 1.00. The molecule has 2 atom stereocenters. The summed E-state index contributed by atoms with van der Waals surface area (Å²) < 4.78 is 0. The third-order valence-electron chi connectivity index (χ3n) is 3.29. The summed E-state index contributed by atoms with van der Waals surface area (Å²) in [6, 6.07) is 1.35. The van der Waals surface area contributed by atoms with Crippen LogP contribution in [0.4, 0.5) is 0 Å². The van der Waals surface area contributed by atoms with Gasteiger partial charge < -0.3 is 15.1 Å². The molecule has 15 heavy (non-hydrogen) atoms. The highest BCUT2D eigenvalue weighted by Gasteiger charge is 2.30. The topological polar surface area (TPSA) is 18.5 Å². The van der Waals surface area contributed by atoms with Gasteiger partial charge in [-0.3, -0.25) is 0 Å². The van der Waals surface area contributed by atoms with Crippen LogP contribution in [-0.4, -0.2) is 62.2 Å². The van der Waals surface area contributed by atoms with Crippen LogP contribution in [-0.2, 0) is 0 Å². The van der Waals surface area contributed by atoms with Gasteiger partial charge in [0.25, 0.3) is 0 Å². The zero-order chi connectivity index (χ0) is 11.4. The van der Waals surface area contributed by atoms with Gasteiger partial charge in [-0.1, -0.05) is 20.8 Å². The van der Waals surface area contributed by atoms with Crippen molar-refractivity contribution in [1.82, 2.24) is 15.1 Å². The number of hydrogen-bond acceptors (Lipinski definition) is 3. The van der Waals surface area contributed by atoms with Crippen molar-refractivity contribution < 1.29 is 0 Å². The van der Waals surface area contributed by atoms with Gasteiger partial charge in [0, 0.05) is 38.3 Å². The second-order valence-corrected chi connectivity index (χ2v) is 5.38. The minimum absolute atomic E-state index is 0.606. The van der Waals surface area contributed by atoms with Gasteiger partial charge in [-0.25, -0.2) is 0 Å². The molecule has 90 valence electrons. The summed E-state index contributed by atoms with van der Waals surface area (Å²) in [6.45, 7) is 11.6. The van der Waals surface area contributed by atoms with Crippen molar-refractivity contribution in [3.63, 3.8) is 0 Å². The Morgan fingerprint density at radius 1 is 1.33 bits per heavy atom. The SMILES string of the molecule is CC(C)NCCN1CC(C)C(N(C)C)C1. The lowest BCUT2D eigenvalue weighted by Gasteiger charge is -2.22. The van der Waals surface area contributed by atoms with Crippen LogP contribution in [0.5, 0.6) is 0 Å². The maximum Gasteiger partial charge on any atom is 0.0254 e. The number of nitrogens with zero attached hydrogens (tertiary/aromatic N) is 2. The Morgan fingerprint density at radius 3 is 2.47 bits per heavy atom. The Labute approximate surface area is 94.8 Å². The molecular formula is C12H27N3. The summed E-state index contributed by atoms with van der Waals surface area (Å²) in [4.78, 5) is 4.94. The van der Waals surface area contributed by atoms with E-state index in [1.807, 2.05) is 0 Å². The van der Waals surface area contributed by atoms with E-state index in [4.69, 9.17) is 0 Å². The molecule has 0 radical (unpaired) electrons. The van der Waals surface area contributed by atoms with Gasteiger partial charge in [0.15, 0.2) is 0 Å². The summed E-state index contributed by atoms with van der Waals surface area (Å²) in [5.41, 5.74) is 0. The van der Waals surface area contributed by atoms with Crippen LogP contribution in [0.25, 0.3) is 0 Å². The maximum absolute atomic E-state index is 3.48. The molecule has 1 aliphatic heterocycles. The molecule has 2 unspecified atom stereocenters. The summed E-state index contributed by atoms with van der Waals surface area (Å²) in [5, 5.41) is 3.48. The lowest BCUT2D eigenvalue weighted by molar-refractivity contribution is 0.251. The minimum Gasteiger partial charge on any atom is -0.313 e. The molecule has 0 aliphatic carbocycles. The highest BCUT2D eigenvalue weighted by Crippen LogP contribution is 2.19. The Balaban J connectivity index is 2.23. The maximum atomic E-state index is 3.48. The van der Waals surface area contributed by atoms with Gasteiger partial charge in [-0.15, -0.1) is 0 Å². The van der Waals surface area contributed by atoms with Gasteiger partial charge in [0.2, 0.25) is 0 Å². The van der Waals surface area contributed by atoms with Crippen molar-refractivity contribution in [2.24, 2.45) is 5.92 Å². The average molecular weight is 213 g/mol. The third-order valence-corrected chi connectivity index (χ3v) is 3.29. The molecule has 0 aromatic carbocycles. The number of likely N-dealkylation sites (N-methyl/N-ethyl adjacent to an activating group) is 1. The Kier molecular flexibility index (Phi) is 5.03. The molecule has 1 aliphatic rings. The van der Waals surface area contributed by atoms with Gasteiger partial charge in [0.05, 0.1) is 0 Å². The van der Waals surface area contributed by atoms with E-state index in [-0.39, 0.29) is 0 Å². The van der Waals surface area contributed by atoms with Crippen LogP contribution in [0.15, 0.2) is 0 Å². The van der Waals surface area contributed by atoms with Crippen LogP contribution in [0.1, 0.15) is 20.8 Å². The first-order valence-electron chi connectivity index (χ1n) is 6.13. The second kappa shape index (κ2) is 5.83. The van der Waals surface area contributed by atoms with Crippen LogP contribution >= 0.6 is 0 Å². The molecule has 1 N–H and O–H groups in total. The first-order valence-corrected chi connectivity index (χ1v) is 6.13. The quantitative estimate of drug-likeness (QED) is 0.731. The van der Waals surface area contributed by atoms with E-state index in [0.717, 1.165) is 18.5 Å². The van der Waals surface area contributed by atoms with Crippen molar-refractivity contribution in [3.8, 4) is 0 Å². The Hall–Kier alpha value is -0.120. The molecule has 1 rings (SSSR count). The monoisotopic (exact) mass is 213 g/mol. The molecule has 1 heterocycles. The normalized spacial score (nSPS) is 28.2. The largest absolute Gasteiger partial charge is 0.313 e. The smallest absolute Gasteiger partial charge is 0.0254 e. The molecule has 0 amide bonds. The highest BCUT2D eigenvalue weighted by atomic mass is 15.2. The molecule has 3 heteroatoms. The highest BCUT2D eigenvalue weighted by molar-refractivity contribution is 4.86. The van der Waals surface area contributed by atoms with Crippen molar-refractivity contribution in [1.29, 1.82) is 0 Å². The van der Waals surface area contributed by atoms with E-state index in [1.165, 1.54) is 19.6 Å². The lowest BCUT2D eigenvalue weighted by atomic mass is 10.1. The van der Waals surface area contributed by atoms with Crippen LogP contribution < -0.4 is 5.32 Å². The van der Waals surface area contributed by atoms with E-state index >= 15 is 0 Å². The molecule has 0 spiro atoms. The fourth-order valence-electron chi connectivity index (χ4n) is 2.41. The molecule has 3 nitrogen and oxygen atoms in total. The molecule has 0 bridgehead atoms. The molecule has 0 saturated carbocycles. The molecular weight excluding hydrogens is 186 g/mol. The number of rotatable bonds is 5. The van der Waals surface area contributed by atoms with Crippen molar-refractivity contribution in [2.45, 2.75) is 32.9 Å². The predicted molar refractivity (Wildman–Crippen MR) is 66.2 cm³/mol. The summed E-state index contributed by atoms with van der Waals surface area (Å²) in [6.07, 6.45) is 0. The third kappa shape index (κ3) is 4.09. The zero-order valence-corrected chi connectivity index (χ0v) is 11.0. The van der Waals surface area contributed by atoms with E-state index in [0.29, 0.717) is 6.04 Å². The van der Waals surface area contributed by atoms with Gasteiger partial charge in [-0.2, -0.15) is 0 Å². The number of nitrogens with one attached hydrogen (secondary N) is 1. The van der Waals surface area contributed by atoms with E-state index in [2.05, 4.69) is 50.0 Å². The van der Waals surface area contributed by atoms with Gasteiger partial charge in [0.1, 0.15) is 0 Å². The number of hydrogen-bond donors (Lipinski definition) is 1. The van der Waals surface area contributed by atoms with E-state index in [1.54, 1.807) is 0 Å². The summed E-state index contributed by atoms with van der Waals surface area (Å²) >= 11 is 0. The predicted octanol–water partition coefficient (Wildman–Crippen LogP) is 0.866. The molecule has 1 saturated heterocycles. The van der Waals surface area contributed by atoms with E-state index in [9.17, 15) is 0 Å². The molecule has 1 fully saturated rings. The minimum atomic E-state index is 0.606. The number of likely N-dealkylation sites (tertiary alicyclic amines) is 1. The molecule has 0 aromatic heterocycles. The van der Waals surface area contributed by atoms with Gasteiger partial charge >= 0.3 is 0 Å². The van der Waals surface area contributed by atoms with Crippen molar-refractivity contribution >= 4 is 0 Å². The Morgan fingerprint density at radius 2 is 2.00 bits per heavy atom. The zero-order valence-electron chi connectivity index (χ0n) is 11.0. The first-order chi connectivity index (χ1) is 7.00. The van der Waals surface area contributed by atoms with E-state index < -0.39 is 0 Å². The van der Waals surface area contributed by atoms with Crippen molar-refractivity contribution in [3.05, 3.63) is 0 Å². The summed E-state index contributed by atoms with van der Waals surface area (Å²) in [7, 11) is 4.38. The fourth-order valence-corrected chi connectivity index (χ4v) is 2.41. The first kappa shape index (κ1) is 12.9. The van der Waals surface area contributed by atoms with Crippen LogP contribution in [0.2, 0.25) is 0 Å². The lowest BCUT2D eigenvalue weighted by Crippen LogP contribution is -2.36. The van der Waals surface area contributed by atoms with Crippen molar-refractivity contribution in [2.75, 3.05) is 40.3 Å². The van der Waals surface area contributed by atoms with Gasteiger partial charge in [-0.05, 0) is 20.0 Å². The summed E-state index contributed by atoms with van der Waals surface area (Å²) in [5.74, 6) is 0.805. The Bertz CT molecular complexity index is 180. The molecule has 0 aromatic rings. The van der Waals surface area contributed by atoms with Crippen LogP contribution in [0, 0.1) is 5.92 Å².